The molecule has 0 saturated carbocycles. The summed E-state index contributed by atoms with van der Waals surface area (Å²) in [5, 5.41) is 8.67. The first kappa shape index (κ1) is 18.2. The van der Waals surface area contributed by atoms with E-state index in [0.717, 1.165) is 55.7 Å². The fourth-order valence-corrected chi connectivity index (χ4v) is 4.85. The summed E-state index contributed by atoms with van der Waals surface area (Å²) in [6, 6.07) is 8.56. The number of aromatic nitrogens is 5. The highest BCUT2D eigenvalue weighted by Gasteiger charge is 2.40. The van der Waals surface area contributed by atoms with E-state index in [2.05, 4.69) is 55.1 Å². The van der Waals surface area contributed by atoms with Crippen molar-refractivity contribution in [3.63, 3.8) is 0 Å². The van der Waals surface area contributed by atoms with Crippen molar-refractivity contribution in [1.82, 2.24) is 29.9 Å². The molecule has 150 valence electrons. The number of nitrogens with zero attached hydrogens (tertiary/aromatic N) is 7. The number of fused-ring (bicyclic) bond motifs is 1. The van der Waals surface area contributed by atoms with Crippen molar-refractivity contribution in [2.75, 3.05) is 31.1 Å². The van der Waals surface area contributed by atoms with Crippen molar-refractivity contribution >= 4 is 5.95 Å². The fourth-order valence-electron chi connectivity index (χ4n) is 4.85. The van der Waals surface area contributed by atoms with Gasteiger partial charge in [0.2, 0.25) is 5.95 Å². The first-order chi connectivity index (χ1) is 14.0. The molecule has 2 aromatic heterocycles. The molecule has 0 bridgehead atoms. The van der Waals surface area contributed by atoms with Crippen LogP contribution in [0.25, 0.3) is 5.69 Å². The molecule has 2 unspecified atom stereocenters. The highest BCUT2D eigenvalue weighted by Crippen LogP contribution is 2.34. The summed E-state index contributed by atoms with van der Waals surface area (Å²) >= 11 is 0. The van der Waals surface area contributed by atoms with E-state index in [1.54, 1.807) is 17.2 Å². The lowest BCUT2D eigenvalue weighted by Crippen LogP contribution is -2.30. The Hall–Kier alpha value is -2.80. The summed E-state index contributed by atoms with van der Waals surface area (Å²) in [6.45, 7) is 11.5. The Morgan fingerprint density at radius 1 is 0.862 bits per heavy atom. The van der Waals surface area contributed by atoms with Gasteiger partial charge in [-0.1, -0.05) is 17.7 Å². The maximum absolute atomic E-state index is 4.66. The molecule has 0 aliphatic carbocycles. The number of likely N-dealkylation sites (tertiary alicyclic amines) is 1. The maximum Gasteiger partial charge on any atom is 0.225 e. The van der Waals surface area contributed by atoms with Gasteiger partial charge in [0.05, 0.1) is 18.1 Å². The molecule has 3 aromatic rings. The average Bonchev–Trinajstić information content (AvgIpc) is 3.37. The molecule has 1 aromatic carbocycles. The number of hydrogen-bond acceptors (Lipinski definition) is 6. The molecular formula is C22H27N7. The Morgan fingerprint density at radius 3 is 2.17 bits per heavy atom. The van der Waals surface area contributed by atoms with Gasteiger partial charge in [-0.25, -0.2) is 9.97 Å². The lowest BCUT2D eigenvalue weighted by Gasteiger charge is -2.23. The van der Waals surface area contributed by atoms with Crippen LogP contribution in [0.3, 0.4) is 0 Å². The zero-order chi connectivity index (χ0) is 20.0. The molecule has 2 fully saturated rings. The Balaban J connectivity index is 1.29. The van der Waals surface area contributed by atoms with Crippen LogP contribution < -0.4 is 4.90 Å². The maximum atomic E-state index is 4.66. The monoisotopic (exact) mass is 389 g/mol. The van der Waals surface area contributed by atoms with Crippen molar-refractivity contribution in [2.45, 2.75) is 27.3 Å². The zero-order valence-electron chi connectivity index (χ0n) is 17.3. The lowest BCUT2D eigenvalue weighted by atomic mass is 10.0. The van der Waals surface area contributed by atoms with Gasteiger partial charge in [-0.15, -0.1) is 0 Å². The summed E-state index contributed by atoms with van der Waals surface area (Å²) in [5.74, 6) is 2.25. The second kappa shape index (κ2) is 7.22. The van der Waals surface area contributed by atoms with Gasteiger partial charge in [-0.2, -0.15) is 15.0 Å². The normalized spacial score (nSPS) is 21.7. The van der Waals surface area contributed by atoms with Gasteiger partial charge in [0.25, 0.3) is 0 Å². The first-order valence-electron chi connectivity index (χ1n) is 10.3. The predicted octanol–water partition coefficient (Wildman–Crippen LogP) is 2.55. The van der Waals surface area contributed by atoms with Crippen LogP contribution in [-0.4, -0.2) is 56.0 Å². The second-order valence-corrected chi connectivity index (χ2v) is 8.52. The van der Waals surface area contributed by atoms with Crippen molar-refractivity contribution < 1.29 is 0 Å². The molecule has 2 aliphatic heterocycles. The van der Waals surface area contributed by atoms with Crippen molar-refractivity contribution in [3.8, 4) is 5.69 Å². The molecule has 4 heterocycles. The SMILES string of the molecule is Cc1ccc(-n2nccn2)c(CN2CC3CN(c4nc(C)cc(C)n4)CC3C2)c1. The summed E-state index contributed by atoms with van der Waals surface area (Å²) in [7, 11) is 0. The zero-order valence-corrected chi connectivity index (χ0v) is 17.3. The highest BCUT2D eigenvalue weighted by molar-refractivity contribution is 5.42. The number of rotatable bonds is 4. The van der Waals surface area contributed by atoms with Crippen molar-refractivity contribution in [3.05, 3.63) is 59.2 Å². The van der Waals surface area contributed by atoms with Gasteiger partial charge in [0, 0.05) is 44.1 Å². The largest absolute Gasteiger partial charge is 0.340 e. The summed E-state index contributed by atoms with van der Waals surface area (Å²) in [4.78, 5) is 16.0. The van der Waals surface area contributed by atoms with Gasteiger partial charge >= 0.3 is 0 Å². The van der Waals surface area contributed by atoms with E-state index in [-0.39, 0.29) is 0 Å². The van der Waals surface area contributed by atoms with E-state index in [9.17, 15) is 0 Å². The third-order valence-corrected chi connectivity index (χ3v) is 6.08. The minimum Gasteiger partial charge on any atom is -0.340 e. The number of benzene rings is 1. The predicted molar refractivity (Wildman–Crippen MR) is 112 cm³/mol. The second-order valence-electron chi connectivity index (χ2n) is 8.52. The quantitative estimate of drug-likeness (QED) is 0.683. The van der Waals surface area contributed by atoms with E-state index < -0.39 is 0 Å². The fraction of sp³-hybridized carbons (Fsp3) is 0.455. The van der Waals surface area contributed by atoms with E-state index in [1.807, 2.05) is 19.9 Å². The van der Waals surface area contributed by atoms with Crippen molar-refractivity contribution in [2.24, 2.45) is 11.8 Å². The Bertz CT molecular complexity index is 980. The summed E-state index contributed by atoms with van der Waals surface area (Å²) in [6.07, 6.45) is 3.46. The van der Waals surface area contributed by atoms with Gasteiger partial charge in [0.15, 0.2) is 0 Å². The molecule has 0 radical (unpaired) electrons. The first-order valence-corrected chi connectivity index (χ1v) is 10.3. The Labute approximate surface area is 171 Å². The van der Waals surface area contributed by atoms with Gasteiger partial charge < -0.3 is 4.90 Å². The van der Waals surface area contributed by atoms with Gasteiger partial charge in [0.1, 0.15) is 0 Å². The van der Waals surface area contributed by atoms with Crippen LogP contribution in [0.5, 0.6) is 0 Å². The molecular weight excluding hydrogens is 362 g/mol. The minimum atomic E-state index is 0.676. The number of aryl methyl sites for hydroxylation is 3. The van der Waals surface area contributed by atoms with E-state index in [0.29, 0.717) is 11.8 Å². The van der Waals surface area contributed by atoms with Crippen LogP contribution in [0, 0.1) is 32.6 Å². The number of anilines is 1. The van der Waals surface area contributed by atoms with E-state index in [4.69, 9.17) is 0 Å². The molecule has 7 heteroatoms. The van der Waals surface area contributed by atoms with E-state index >= 15 is 0 Å². The molecule has 29 heavy (non-hydrogen) atoms. The van der Waals surface area contributed by atoms with Crippen LogP contribution in [0.1, 0.15) is 22.5 Å². The molecule has 2 aliphatic rings. The molecule has 5 rings (SSSR count). The Kier molecular flexibility index (Phi) is 4.54. The smallest absolute Gasteiger partial charge is 0.225 e. The lowest BCUT2D eigenvalue weighted by molar-refractivity contribution is 0.308. The third kappa shape index (κ3) is 3.62. The molecule has 0 N–H and O–H groups in total. The molecule has 2 saturated heterocycles. The molecule has 7 nitrogen and oxygen atoms in total. The van der Waals surface area contributed by atoms with Crippen LogP contribution in [0.2, 0.25) is 0 Å². The van der Waals surface area contributed by atoms with Crippen LogP contribution in [0.4, 0.5) is 5.95 Å². The Morgan fingerprint density at radius 2 is 1.52 bits per heavy atom. The van der Waals surface area contributed by atoms with Crippen LogP contribution in [0.15, 0.2) is 36.7 Å². The highest BCUT2D eigenvalue weighted by atomic mass is 15.5. The van der Waals surface area contributed by atoms with Crippen LogP contribution in [-0.2, 0) is 6.54 Å². The van der Waals surface area contributed by atoms with E-state index in [1.165, 1.54) is 11.1 Å². The summed E-state index contributed by atoms with van der Waals surface area (Å²) in [5.41, 5.74) is 5.72. The topological polar surface area (TPSA) is 63.0 Å². The molecule has 2 atom stereocenters. The number of hydrogen-bond donors (Lipinski definition) is 0. The minimum absolute atomic E-state index is 0.676. The average molecular weight is 390 g/mol. The summed E-state index contributed by atoms with van der Waals surface area (Å²) < 4.78 is 0. The third-order valence-electron chi connectivity index (χ3n) is 6.08. The van der Waals surface area contributed by atoms with Gasteiger partial charge in [-0.05, 0) is 50.3 Å². The molecule has 0 spiro atoms. The van der Waals surface area contributed by atoms with Gasteiger partial charge in [-0.3, -0.25) is 4.90 Å². The molecule has 0 amide bonds. The standard InChI is InChI=1S/C22H27N7/c1-15-4-5-21(29-23-6-7-24-29)18(8-15)10-27-11-19-13-28(14-20(19)12-27)22-25-16(2)9-17(3)26-22/h4-9,19-20H,10-14H2,1-3H3. The van der Waals surface area contributed by atoms with Crippen LogP contribution >= 0.6 is 0 Å². The van der Waals surface area contributed by atoms with Crippen molar-refractivity contribution in [1.29, 1.82) is 0 Å².